The summed E-state index contributed by atoms with van der Waals surface area (Å²) in [7, 11) is 0. The molecule has 0 radical (unpaired) electrons. The molecule has 8 heteroatoms. The van der Waals surface area contributed by atoms with E-state index in [1.165, 1.54) is 21.8 Å². The fraction of sp³-hybridized carbons (Fsp3) is 0.520. The number of ether oxygens (including phenoxy) is 1. The van der Waals surface area contributed by atoms with Gasteiger partial charge >= 0.3 is 5.97 Å². The highest BCUT2D eigenvalue weighted by Crippen LogP contribution is 2.38. The number of amides is 1. The highest BCUT2D eigenvalue weighted by molar-refractivity contribution is 7.17. The van der Waals surface area contributed by atoms with Gasteiger partial charge in [0.2, 0.25) is 5.91 Å². The number of halogens is 1. The Morgan fingerprint density at radius 3 is 2.61 bits per heavy atom. The molecule has 2 heterocycles. The first-order chi connectivity index (χ1) is 15.8. The van der Waals surface area contributed by atoms with Gasteiger partial charge in [-0.1, -0.05) is 17.7 Å². The molecule has 0 saturated carbocycles. The molecule has 1 aromatic carbocycles. The number of benzene rings is 1. The number of fused-ring (bicyclic) bond motifs is 1. The quantitative estimate of drug-likeness (QED) is 0.584. The molecule has 1 N–H and O–H groups in total. The topological polar surface area (TPSA) is 61.9 Å². The summed E-state index contributed by atoms with van der Waals surface area (Å²) >= 11 is 7.73. The van der Waals surface area contributed by atoms with Crippen molar-refractivity contribution in [3.05, 3.63) is 44.8 Å². The minimum Gasteiger partial charge on any atom is -0.459 e. The summed E-state index contributed by atoms with van der Waals surface area (Å²) in [5, 5.41) is 4.42. The normalized spacial score (nSPS) is 16.6. The van der Waals surface area contributed by atoms with Gasteiger partial charge in [0, 0.05) is 41.8 Å². The Kier molecular flexibility index (Phi) is 7.62. The third-order valence-corrected chi connectivity index (χ3v) is 7.66. The van der Waals surface area contributed by atoms with E-state index in [1.807, 2.05) is 32.0 Å². The Morgan fingerprint density at radius 2 is 1.88 bits per heavy atom. The highest BCUT2D eigenvalue weighted by atomic mass is 35.5. The maximum atomic E-state index is 12.9. The first-order valence-corrected chi connectivity index (χ1v) is 12.9. The van der Waals surface area contributed by atoms with E-state index in [1.54, 1.807) is 0 Å². The lowest BCUT2D eigenvalue weighted by Gasteiger charge is -2.36. The molecule has 33 heavy (non-hydrogen) atoms. The number of carbonyl (C=O) groups excluding carboxylic acids is 2. The Labute approximate surface area is 204 Å². The molecule has 0 bridgehead atoms. The molecule has 6 nitrogen and oxygen atoms in total. The third kappa shape index (κ3) is 5.70. The molecule has 4 rings (SSSR count). The molecular formula is C25H32ClN3O3S. The van der Waals surface area contributed by atoms with Gasteiger partial charge in [-0.25, -0.2) is 4.79 Å². The van der Waals surface area contributed by atoms with Crippen LogP contribution in [0.1, 0.15) is 53.1 Å². The number of hydrogen-bond donors (Lipinski definition) is 1. The smallest absolute Gasteiger partial charge is 0.341 e. The van der Waals surface area contributed by atoms with Crippen molar-refractivity contribution in [2.45, 2.75) is 52.6 Å². The van der Waals surface area contributed by atoms with Gasteiger partial charge in [-0.2, -0.15) is 0 Å². The number of aryl methyl sites for hydroxylation is 2. The number of esters is 1. The highest BCUT2D eigenvalue weighted by Gasteiger charge is 2.28. The van der Waals surface area contributed by atoms with E-state index < -0.39 is 0 Å². The van der Waals surface area contributed by atoms with E-state index >= 15 is 0 Å². The average molecular weight is 490 g/mol. The Balaban J connectivity index is 1.39. The molecule has 0 spiro atoms. The monoisotopic (exact) mass is 489 g/mol. The molecule has 0 atom stereocenters. The largest absolute Gasteiger partial charge is 0.459 e. The van der Waals surface area contributed by atoms with Crippen LogP contribution in [0.3, 0.4) is 0 Å². The van der Waals surface area contributed by atoms with Crippen LogP contribution in [0.5, 0.6) is 0 Å². The molecule has 1 aromatic heterocycles. The average Bonchev–Trinajstić information content (AvgIpc) is 3.13. The van der Waals surface area contributed by atoms with Gasteiger partial charge in [0.25, 0.3) is 0 Å². The number of piperazine rings is 1. The van der Waals surface area contributed by atoms with Crippen LogP contribution in [0, 0.1) is 6.92 Å². The van der Waals surface area contributed by atoms with Crippen molar-refractivity contribution >= 4 is 45.5 Å². The van der Waals surface area contributed by atoms with Gasteiger partial charge in [0.15, 0.2) is 0 Å². The van der Waals surface area contributed by atoms with E-state index in [4.69, 9.17) is 16.3 Å². The molecule has 2 aromatic rings. The predicted octanol–water partition coefficient (Wildman–Crippen LogP) is 4.91. The fourth-order valence-corrected chi connectivity index (χ4v) is 6.04. The minimum atomic E-state index is -0.329. The van der Waals surface area contributed by atoms with Crippen LogP contribution in [0.15, 0.2) is 18.2 Å². The SMILES string of the molecule is Cc1ccc(Cl)cc1N1CCN(CC(=O)Nc2sc3c(c2C(=O)OC(C)C)CCCC3)CC1. The molecule has 2 aliphatic rings. The second kappa shape index (κ2) is 10.5. The molecular weight excluding hydrogens is 458 g/mol. The first-order valence-electron chi connectivity index (χ1n) is 11.7. The Bertz CT molecular complexity index is 1030. The lowest BCUT2D eigenvalue weighted by atomic mass is 9.95. The van der Waals surface area contributed by atoms with Crippen molar-refractivity contribution in [2.75, 3.05) is 42.9 Å². The summed E-state index contributed by atoms with van der Waals surface area (Å²) in [5.41, 5.74) is 3.99. The van der Waals surface area contributed by atoms with Crippen LogP contribution in [0.2, 0.25) is 5.02 Å². The number of rotatable bonds is 6. The summed E-state index contributed by atoms with van der Waals surface area (Å²) < 4.78 is 5.50. The number of anilines is 2. The fourth-order valence-electron chi connectivity index (χ4n) is 4.58. The van der Waals surface area contributed by atoms with Crippen molar-refractivity contribution < 1.29 is 14.3 Å². The molecule has 1 fully saturated rings. The van der Waals surface area contributed by atoms with E-state index in [0.717, 1.165) is 68.1 Å². The predicted molar refractivity (Wildman–Crippen MR) is 135 cm³/mol. The van der Waals surface area contributed by atoms with Crippen LogP contribution in [-0.4, -0.2) is 55.6 Å². The molecule has 1 amide bonds. The molecule has 1 aliphatic carbocycles. The Hall–Kier alpha value is -2.09. The Morgan fingerprint density at radius 1 is 1.15 bits per heavy atom. The number of hydrogen-bond acceptors (Lipinski definition) is 6. The van der Waals surface area contributed by atoms with Gasteiger partial charge in [0.05, 0.1) is 18.2 Å². The minimum absolute atomic E-state index is 0.0837. The lowest BCUT2D eigenvalue weighted by Crippen LogP contribution is -2.48. The maximum Gasteiger partial charge on any atom is 0.341 e. The van der Waals surface area contributed by atoms with Crippen molar-refractivity contribution in [1.82, 2.24) is 4.90 Å². The summed E-state index contributed by atoms with van der Waals surface area (Å²) in [6, 6.07) is 5.96. The van der Waals surface area contributed by atoms with E-state index in [-0.39, 0.29) is 18.0 Å². The summed E-state index contributed by atoms with van der Waals surface area (Å²) in [6.07, 6.45) is 3.82. The first kappa shape index (κ1) is 24.0. The molecule has 178 valence electrons. The van der Waals surface area contributed by atoms with Gasteiger partial charge < -0.3 is 15.0 Å². The van der Waals surface area contributed by atoms with E-state index in [0.29, 0.717) is 17.1 Å². The van der Waals surface area contributed by atoms with Crippen LogP contribution in [0.4, 0.5) is 10.7 Å². The van der Waals surface area contributed by atoms with Gasteiger partial charge in [-0.05, 0) is 69.7 Å². The zero-order valence-corrected chi connectivity index (χ0v) is 21.2. The summed E-state index contributed by atoms with van der Waals surface area (Å²) in [5.74, 6) is -0.412. The summed E-state index contributed by atoms with van der Waals surface area (Å²) in [4.78, 5) is 31.4. The van der Waals surface area contributed by atoms with Gasteiger partial charge in [-0.15, -0.1) is 11.3 Å². The second-order valence-electron chi connectivity index (χ2n) is 9.11. The second-order valence-corrected chi connectivity index (χ2v) is 10.7. The number of nitrogens with zero attached hydrogens (tertiary/aromatic N) is 2. The lowest BCUT2D eigenvalue weighted by molar-refractivity contribution is -0.117. The van der Waals surface area contributed by atoms with Crippen molar-refractivity contribution in [3.63, 3.8) is 0 Å². The maximum absolute atomic E-state index is 12.9. The number of thiophene rings is 1. The molecule has 1 saturated heterocycles. The number of carbonyl (C=O) groups is 2. The molecule has 1 aliphatic heterocycles. The third-order valence-electron chi connectivity index (χ3n) is 6.22. The van der Waals surface area contributed by atoms with Crippen LogP contribution in [-0.2, 0) is 22.4 Å². The van der Waals surface area contributed by atoms with E-state index in [2.05, 4.69) is 22.0 Å². The number of nitrogens with one attached hydrogen (secondary N) is 1. The summed E-state index contributed by atoms with van der Waals surface area (Å²) in [6.45, 7) is 9.36. The van der Waals surface area contributed by atoms with Crippen molar-refractivity contribution in [3.8, 4) is 0 Å². The van der Waals surface area contributed by atoms with Crippen molar-refractivity contribution in [1.29, 1.82) is 0 Å². The van der Waals surface area contributed by atoms with Crippen LogP contribution < -0.4 is 10.2 Å². The van der Waals surface area contributed by atoms with E-state index in [9.17, 15) is 9.59 Å². The van der Waals surface area contributed by atoms with Crippen LogP contribution in [0.25, 0.3) is 0 Å². The zero-order chi connectivity index (χ0) is 23.5. The zero-order valence-electron chi connectivity index (χ0n) is 19.6. The standard InChI is InChI=1S/C25H32ClN3O3S/c1-16(2)32-25(31)23-19-6-4-5-7-21(19)33-24(23)27-22(30)15-28-10-12-29(13-11-28)20-14-18(26)9-8-17(20)3/h8-9,14,16H,4-7,10-13,15H2,1-3H3,(H,27,30). The molecule has 0 unspecified atom stereocenters. The van der Waals surface area contributed by atoms with Crippen LogP contribution >= 0.6 is 22.9 Å². The van der Waals surface area contributed by atoms with Gasteiger partial charge in [-0.3, -0.25) is 9.69 Å². The van der Waals surface area contributed by atoms with Crippen molar-refractivity contribution in [2.24, 2.45) is 0 Å². The van der Waals surface area contributed by atoms with Gasteiger partial charge in [0.1, 0.15) is 5.00 Å².